The van der Waals surface area contributed by atoms with Gasteiger partial charge in [-0.3, -0.25) is 9.89 Å². The normalized spacial score (nSPS) is 22.8. The number of aromatic amines is 1. The Labute approximate surface area is 135 Å². The molecule has 0 unspecified atom stereocenters. The molecule has 1 aromatic rings. The van der Waals surface area contributed by atoms with Gasteiger partial charge in [0.2, 0.25) is 15.9 Å². The lowest BCUT2D eigenvalue weighted by Gasteiger charge is -2.35. The number of nitrogens with one attached hydrogen (secondary N) is 1. The lowest BCUT2D eigenvalue weighted by atomic mass is 10.1. The van der Waals surface area contributed by atoms with Gasteiger partial charge in [-0.05, 0) is 6.92 Å². The van der Waals surface area contributed by atoms with E-state index in [0.29, 0.717) is 26.2 Å². The molecule has 1 atom stereocenters. The molecule has 9 heteroatoms. The second-order valence-electron chi connectivity index (χ2n) is 5.88. The van der Waals surface area contributed by atoms with Crippen LogP contribution in [0.2, 0.25) is 0 Å². The summed E-state index contributed by atoms with van der Waals surface area (Å²) in [7, 11) is -3.32. The van der Waals surface area contributed by atoms with Crippen molar-refractivity contribution < 1.29 is 17.9 Å². The number of carbonyl (C=O) groups is 1. The fraction of sp³-hybridized carbons (Fsp3) is 0.714. The number of aromatic nitrogens is 2. The first-order chi connectivity index (χ1) is 11.0. The SMILES string of the molecule is CCS(=O)(=O)N1CCOC[C@@H]1CC(=O)N1CCc2[nH]ncc2C1. The third-order valence-corrected chi connectivity index (χ3v) is 6.38. The quantitative estimate of drug-likeness (QED) is 0.813. The van der Waals surface area contributed by atoms with Crippen LogP contribution < -0.4 is 0 Å². The molecule has 1 aromatic heterocycles. The predicted molar refractivity (Wildman–Crippen MR) is 83.1 cm³/mol. The van der Waals surface area contributed by atoms with Crippen molar-refractivity contribution in [2.24, 2.45) is 0 Å². The third-order valence-electron chi connectivity index (χ3n) is 4.46. The number of hydrogen-bond donors (Lipinski definition) is 1. The molecular weight excluding hydrogens is 320 g/mol. The van der Waals surface area contributed by atoms with E-state index in [9.17, 15) is 13.2 Å². The van der Waals surface area contributed by atoms with Gasteiger partial charge >= 0.3 is 0 Å². The summed E-state index contributed by atoms with van der Waals surface area (Å²) in [5, 5.41) is 6.94. The van der Waals surface area contributed by atoms with Crippen LogP contribution in [0.15, 0.2) is 6.20 Å². The second kappa shape index (κ2) is 6.58. The molecule has 0 spiro atoms. The lowest BCUT2D eigenvalue weighted by molar-refractivity contribution is -0.134. The number of hydrogen-bond acceptors (Lipinski definition) is 5. The van der Waals surface area contributed by atoms with Crippen LogP contribution >= 0.6 is 0 Å². The standard InChI is InChI=1S/C14H22N4O4S/c1-2-23(20,21)18-5-6-22-10-12(18)7-14(19)17-4-3-13-11(9-17)8-15-16-13/h8,12H,2-7,9-10H2,1H3,(H,15,16)/t12-/m0/s1. The first-order valence-corrected chi connectivity index (χ1v) is 9.48. The highest BCUT2D eigenvalue weighted by Crippen LogP contribution is 2.20. The molecule has 8 nitrogen and oxygen atoms in total. The monoisotopic (exact) mass is 342 g/mol. The zero-order valence-electron chi connectivity index (χ0n) is 13.2. The molecule has 1 saturated heterocycles. The fourth-order valence-corrected chi connectivity index (χ4v) is 4.37. The Morgan fingerprint density at radius 1 is 1.48 bits per heavy atom. The number of rotatable bonds is 4. The number of ether oxygens (including phenoxy) is 1. The Bertz CT molecular complexity index is 672. The number of sulfonamides is 1. The number of fused-ring (bicyclic) bond motifs is 1. The Balaban J connectivity index is 1.67. The second-order valence-corrected chi connectivity index (χ2v) is 8.09. The molecular formula is C14H22N4O4S. The molecule has 0 aromatic carbocycles. The first-order valence-electron chi connectivity index (χ1n) is 7.87. The molecule has 23 heavy (non-hydrogen) atoms. The Kier molecular flexibility index (Phi) is 4.69. The summed E-state index contributed by atoms with van der Waals surface area (Å²) in [6.45, 7) is 3.75. The van der Waals surface area contributed by atoms with Gasteiger partial charge in [-0.1, -0.05) is 0 Å². The predicted octanol–water partition coefficient (Wildman–Crippen LogP) is -0.265. The van der Waals surface area contributed by atoms with Crippen molar-refractivity contribution in [1.82, 2.24) is 19.4 Å². The smallest absolute Gasteiger partial charge is 0.224 e. The van der Waals surface area contributed by atoms with E-state index in [1.54, 1.807) is 18.0 Å². The van der Waals surface area contributed by atoms with E-state index in [-0.39, 0.29) is 24.7 Å². The number of morpholine rings is 1. The molecule has 0 saturated carbocycles. The average Bonchev–Trinajstić information content (AvgIpc) is 3.02. The lowest BCUT2D eigenvalue weighted by Crippen LogP contribution is -2.51. The van der Waals surface area contributed by atoms with Crippen LogP contribution in [0.3, 0.4) is 0 Å². The molecule has 0 bridgehead atoms. The van der Waals surface area contributed by atoms with Gasteiger partial charge in [0.15, 0.2) is 0 Å². The van der Waals surface area contributed by atoms with Crippen molar-refractivity contribution in [3.63, 3.8) is 0 Å². The molecule has 3 heterocycles. The minimum absolute atomic E-state index is 0.0383. The van der Waals surface area contributed by atoms with Gasteiger partial charge in [0, 0.05) is 43.7 Å². The minimum Gasteiger partial charge on any atom is -0.378 e. The van der Waals surface area contributed by atoms with Gasteiger partial charge in [-0.15, -0.1) is 0 Å². The van der Waals surface area contributed by atoms with Crippen LogP contribution in [0, 0.1) is 0 Å². The number of amides is 1. The summed E-state index contributed by atoms with van der Waals surface area (Å²) in [6.07, 6.45) is 2.65. The van der Waals surface area contributed by atoms with Crippen LogP contribution in [0.5, 0.6) is 0 Å². The van der Waals surface area contributed by atoms with Crippen molar-refractivity contribution in [1.29, 1.82) is 0 Å². The van der Waals surface area contributed by atoms with E-state index in [4.69, 9.17) is 4.74 Å². The molecule has 0 radical (unpaired) electrons. The van der Waals surface area contributed by atoms with E-state index in [1.807, 2.05) is 0 Å². The van der Waals surface area contributed by atoms with Gasteiger partial charge in [-0.2, -0.15) is 9.40 Å². The highest BCUT2D eigenvalue weighted by Gasteiger charge is 2.34. The van der Waals surface area contributed by atoms with Crippen LogP contribution in [0.1, 0.15) is 24.6 Å². The topological polar surface area (TPSA) is 95.6 Å². The molecule has 3 rings (SSSR count). The van der Waals surface area contributed by atoms with Crippen LogP contribution in [-0.2, 0) is 32.5 Å². The molecule has 1 N–H and O–H groups in total. The van der Waals surface area contributed by atoms with E-state index < -0.39 is 16.1 Å². The highest BCUT2D eigenvalue weighted by molar-refractivity contribution is 7.89. The van der Waals surface area contributed by atoms with Gasteiger partial charge in [0.05, 0.1) is 31.2 Å². The molecule has 2 aliphatic heterocycles. The number of nitrogens with zero attached hydrogens (tertiary/aromatic N) is 3. The summed E-state index contributed by atoms with van der Waals surface area (Å²) in [4.78, 5) is 14.3. The zero-order chi connectivity index (χ0) is 16.4. The van der Waals surface area contributed by atoms with E-state index in [2.05, 4.69) is 10.2 Å². The molecule has 0 aliphatic carbocycles. The zero-order valence-corrected chi connectivity index (χ0v) is 14.0. The minimum atomic E-state index is -3.32. The fourth-order valence-electron chi connectivity index (χ4n) is 3.10. The Hall–Kier alpha value is -1.45. The van der Waals surface area contributed by atoms with Crippen molar-refractivity contribution in [3.8, 4) is 0 Å². The van der Waals surface area contributed by atoms with Gasteiger partial charge in [-0.25, -0.2) is 8.42 Å². The Morgan fingerprint density at radius 2 is 2.30 bits per heavy atom. The number of H-pyrrole nitrogens is 1. The highest BCUT2D eigenvalue weighted by atomic mass is 32.2. The summed E-state index contributed by atoms with van der Waals surface area (Å²) in [5.41, 5.74) is 2.10. The molecule has 1 amide bonds. The largest absolute Gasteiger partial charge is 0.378 e. The van der Waals surface area contributed by atoms with E-state index in [1.165, 1.54) is 4.31 Å². The van der Waals surface area contributed by atoms with Crippen LogP contribution in [0.25, 0.3) is 0 Å². The van der Waals surface area contributed by atoms with E-state index >= 15 is 0 Å². The van der Waals surface area contributed by atoms with Crippen molar-refractivity contribution in [3.05, 3.63) is 17.5 Å². The maximum Gasteiger partial charge on any atom is 0.224 e. The molecule has 2 aliphatic rings. The molecule has 128 valence electrons. The summed E-state index contributed by atoms with van der Waals surface area (Å²) in [6, 6.07) is -0.410. The van der Waals surface area contributed by atoms with Crippen LogP contribution in [-0.4, -0.2) is 71.8 Å². The van der Waals surface area contributed by atoms with Gasteiger partial charge in [0.1, 0.15) is 0 Å². The number of carbonyl (C=O) groups excluding carboxylic acids is 1. The van der Waals surface area contributed by atoms with E-state index in [0.717, 1.165) is 17.7 Å². The van der Waals surface area contributed by atoms with Crippen molar-refractivity contribution in [2.75, 3.05) is 32.1 Å². The van der Waals surface area contributed by atoms with Crippen LogP contribution in [0.4, 0.5) is 0 Å². The maximum absolute atomic E-state index is 12.6. The van der Waals surface area contributed by atoms with Gasteiger partial charge in [0.25, 0.3) is 0 Å². The summed E-state index contributed by atoms with van der Waals surface area (Å²) in [5.74, 6) is 0.00317. The van der Waals surface area contributed by atoms with Gasteiger partial charge < -0.3 is 9.64 Å². The summed E-state index contributed by atoms with van der Waals surface area (Å²) < 4.78 is 31.2. The first kappa shape index (κ1) is 16.4. The third kappa shape index (κ3) is 3.41. The Morgan fingerprint density at radius 3 is 3.09 bits per heavy atom. The summed E-state index contributed by atoms with van der Waals surface area (Å²) >= 11 is 0. The van der Waals surface area contributed by atoms with Crippen molar-refractivity contribution >= 4 is 15.9 Å². The molecule has 1 fully saturated rings. The maximum atomic E-state index is 12.6. The van der Waals surface area contributed by atoms with Crippen molar-refractivity contribution in [2.45, 2.75) is 32.4 Å². The average molecular weight is 342 g/mol.